The van der Waals surface area contributed by atoms with E-state index in [1.54, 1.807) is 0 Å². The van der Waals surface area contributed by atoms with Gasteiger partial charge in [-0.15, -0.1) is 0 Å². The Bertz CT molecular complexity index is 469. The molecule has 0 aliphatic rings. The summed E-state index contributed by atoms with van der Waals surface area (Å²) in [4.78, 5) is 0. The fraction of sp³-hybridized carbons (Fsp3) is 0.500. The van der Waals surface area contributed by atoms with Gasteiger partial charge in [-0.25, -0.2) is 4.39 Å². The summed E-state index contributed by atoms with van der Waals surface area (Å²) in [5.41, 5.74) is -0.130. The van der Waals surface area contributed by atoms with E-state index >= 15 is 0 Å². The number of hydrogen-bond acceptors (Lipinski definition) is 1. The van der Waals surface area contributed by atoms with Crippen LogP contribution < -0.4 is 5.32 Å². The van der Waals surface area contributed by atoms with Crippen molar-refractivity contribution in [2.24, 2.45) is 5.92 Å². The molecule has 1 rings (SSSR count). The van der Waals surface area contributed by atoms with Crippen molar-refractivity contribution in [3.05, 3.63) is 34.6 Å². The quantitative estimate of drug-likeness (QED) is 0.805. The second kappa shape index (κ2) is 6.39. The molecule has 0 bridgehead atoms. The monoisotopic (exact) mass is 337 g/mol. The Morgan fingerprint density at radius 1 is 1.10 bits per heavy atom. The molecular weight excluding hydrogens is 327 g/mol. The molecular formula is C12H11ClF7N. The van der Waals surface area contributed by atoms with Crippen molar-refractivity contribution in [2.45, 2.75) is 24.8 Å². The third-order valence-electron chi connectivity index (χ3n) is 2.93. The Labute approximate surface area is 121 Å². The molecule has 1 nitrogen and oxygen atoms in total. The molecule has 120 valence electrons. The standard InChI is InChI=1S/C12H11ClF7N/c1-21-9(10(11(15,16)17)12(18,19)20)5-6-4-7(14)2-3-8(6)13/h2-4,9-10,21H,5H2,1H3. The number of halogens is 8. The molecule has 1 aromatic carbocycles. The summed E-state index contributed by atoms with van der Waals surface area (Å²) < 4.78 is 89.1. The first-order valence-electron chi connectivity index (χ1n) is 5.71. The number of hydrogen-bond donors (Lipinski definition) is 1. The summed E-state index contributed by atoms with van der Waals surface area (Å²) in [5.74, 6) is -4.37. The summed E-state index contributed by atoms with van der Waals surface area (Å²) in [7, 11) is 0.975. The molecule has 0 aliphatic heterocycles. The summed E-state index contributed by atoms with van der Waals surface area (Å²) in [6.45, 7) is 0. The van der Waals surface area contributed by atoms with Crippen LogP contribution in [0.4, 0.5) is 30.7 Å². The van der Waals surface area contributed by atoms with E-state index in [-0.39, 0.29) is 10.6 Å². The molecule has 0 saturated carbocycles. The topological polar surface area (TPSA) is 12.0 Å². The average Bonchev–Trinajstić information content (AvgIpc) is 2.29. The van der Waals surface area contributed by atoms with Crippen molar-refractivity contribution in [3.63, 3.8) is 0 Å². The molecule has 0 fully saturated rings. The van der Waals surface area contributed by atoms with Crippen molar-refractivity contribution >= 4 is 11.6 Å². The van der Waals surface area contributed by atoms with Crippen molar-refractivity contribution in [1.82, 2.24) is 5.32 Å². The van der Waals surface area contributed by atoms with E-state index in [2.05, 4.69) is 0 Å². The molecule has 21 heavy (non-hydrogen) atoms. The Hall–Kier alpha value is -1.02. The van der Waals surface area contributed by atoms with Crippen molar-refractivity contribution in [2.75, 3.05) is 7.05 Å². The predicted molar refractivity (Wildman–Crippen MR) is 63.6 cm³/mol. The minimum atomic E-state index is -5.48. The molecule has 1 N–H and O–H groups in total. The van der Waals surface area contributed by atoms with Crippen LogP contribution in [0.1, 0.15) is 5.56 Å². The smallest absolute Gasteiger partial charge is 0.316 e. The SMILES string of the molecule is CNC(Cc1cc(F)ccc1Cl)C(C(F)(F)F)C(F)(F)F. The number of nitrogens with one attached hydrogen (secondary N) is 1. The predicted octanol–water partition coefficient (Wildman–Crippen LogP) is 4.35. The number of alkyl halides is 6. The van der Waals surface area contributed by atoms with Crippen molar-refractivity contribution < 1.29 is 30.7 Å². The summed E-state index contributed by atoms with van der Waals surface area (Å²) in [6.07, 6.45) is -11.7. The molecule has 1 unspecified atom stereocenters. The molecule has 1 atom stereocenters. The molecule has 0 amide bonds. The van der Waals surface area contributed by atoms with Crippen LogP contribution >= 0.6 is 11.6 Å². The van der Waals surface area contributed by atoms with Gasteiger partial charge in [-0.2, -0.15) is 26.3 Å². The zero-order valence-electron chi connectivity index (χ0n) is 10.6. The highest BCUT2D eigenvalue weighted by atomic mass is 35.5. The van der Waals surface area contributed by atoms with Gasteiger partial charge >= 0.3 is 12.4 Å². The molecule has 0 aliphatic carbocycles. The lowest BCUT2D eigenvalue weighted by atomic mass is 9.92. The van der Waals surface area contributed by atoms with E-state index in [1.165, 1.54) is 0 Å². The van der Waals surface area contributed by atoms with E-state index in [0.29, 0.717) is 0 Å². The highest BCUT2D eigenvalue weighted by Crippen LogP contribution is 2.42. The van der Waals surface area contributed by atoms with Crippen molar-refractivity contribution in [3.8, 4) is 0 Å². The van der Waals surface area contributed by atoms with Crippen LogP contribution in [0.15, 0.2) is 18.2 Å². The van der Waals surface area contributed by atoms with Crippen LogP contribution in [0.5, 0.6) is 0 Å². The van der Waals surface area contributed by atoms with Gasteiger partial charge in [0.2, 0.25) is 0 Å². The van der Waals surface area contributed by atoms with Gasteiger partial charge in [0, 0.05) is 11.1 Å². The fourth-order valence-corrected chi connectivity index (χ4v) is 2.16. The maximum atomic E-state index is 13.0. The summed E-state index contributed by atoms with van der Waals surface area (Å²) >= 11 is 5.67. The van der Waals surface area contributed by atoms with E-state index in [1.807, 2.05) is 5.32 Å². The van der Waals surface area contributed by atoms with Crippen LogP contribution in [0, 0.1) is 11.7 Å². The average molecular weight is 338 g/mol. The maximum absolute atomic E-state index is 13.0. The highest BCUT2D eigenvalue weighted by molar-refractivity contribution is 6.31. The molecule has 1 aromatic rings. The molecule has 0 saturated heterocycles. The zero-order valence-corrected chi connectivity index (χ0v) is 11.4. The minimum Gasteiger partial charge on any atom is -0.316 e. The second-order valence-corrected chi connectivity index (χ2v) is 4.80. The van der Waals surface area contributed by atoms with Gasteiger partial charge in [0.05, 0.1) is 0 Å². The van der Waals surface area contributed by atoms with Crippen LogP contribution in [-0.4, -0.2) is 25.4 Å². The highest BCUT2D eigenvalue weighted by Gasteiger charge is 2.59. The van der Waals surface area contributed by atoms with E-state index < -0.39 is 36.6 Å². The van der Waals surface area contributed by atoms with Gasteiger partial charge in [0.1, 0.15) is 5.82 Å². The molecule has 0 spiro atoms. The number of benzene rings is 1. The molecule has 0 heterocycles. The lowest BCUT2D eigenvalue weighted by molar-refractivity contribution is -0.291. The number of likely N-dealkylation sites (N-methyl/N-ethyl adjacent to an activating group) is 1. The van der Waals surface area contributed by atoms with Gasteiger partial charge < -0.3 is 5.32 Å². The molecule has 0 aromatic heterocycles. The first-order valence-corrected chi connectivity index (χ1v) is 6.09. The Balaban J connectivity index is 3.13. The lowest BCUT2D eigenvalue weighted by Crippen LogP contribution is -2.51. The van der Waals surface area contributed by atoms with Crippen LogP contribution in [0.2, 0.25) is 5.02 Å². The second-order valence-electron chi connectivity index (χ2n) is 4.40. The zero-order chi connectivity index (χ0) is 16.4. The summed E-state index contributed by atoms with van der Waals surface area (Å²) in [5, 5.41) is 1.89. The molecule has 9 heteroatoms. The first-order chi connectivity index (χ1) is 9.46. The van der Waals surface area contributed by atoms with E-state index in [0.717, 1.165) is 25.2 Å². The van der Waals surface area contributed by atoms with Crippen LogP contribution in [0.25, 0.3) is 0 Å². The van der Waals surface area contributed by atoms with Gasteiger partial charge in [-0.3, -0.25) is 0 Å². The largest absolute Gasteiger partial charge is 0.402 e. The van der Waals surface area contributed by atoms with Crippen LogP contribution in [0.3, 0.4) is 0 Å². The van der Waals surface area contributed by atoms with E-state index in [4.69, 9.17) is 11.6 Å². The number of rotatable bonds is 4. The van der Waals surface area contributed by atoms with Gasteiger partial charge in [0.15, 0.2) is 5.92 Å². The van der Waals surface area contributed by atoms with Gasteiger partial charge in [-0.05, 0) is 37.2 Å². The van der Waals surface area contributed by atoms with Crippen molar-refractivity contribution in [1.29, 1.82) is 0 Å². The Morgan fingerprint density at radius 2 is 1.62 bits per heavy atom. The van der Waals surface area contributed by atoms with Gasteiger partial charge in [-0.1, -0.05) is 11.6 Å². The fourth-order valence-electron chi connectivity index (χ4n) is 1.97. The Morgan fingerprint density at radius 3 is 2.05 bits per heavy atom. The maximum Gasteiger partial charge on any atom is 0.402 e. The van der Waals surface area contributed by atoms with Crippen LogP contribution in [-0.2, 0) is 6.42 Å². The van der Waals surface area contributed by atoms with Gasteiger partial charge in [0.25, 0.3) is 0 Å². The summed E-state index contributed by atoms with van der Waals surface area (Å²) in [6, 6.07) is 0.848. The Kier molecular flexibility index (Phi) is 5.49. The van der Waals surface area contributed by atoms with E-state index in [9.17, 15) is 30.7 Å². The third-order valence-corrected chi connectivity index (χ3v) is 3.29. The normalized spacial score (nSPS) is 14.6. The minimum absolute atomic E-state index is 0.0975. The molecule has 0 radical (unpaired) electrons. The first kappa shape index (κ1) is 18.0. The lowest BCUT2D eigenvalue weighted by Gasteiger charge is -2.30. The third kappa shape index (κ3) is 4.74.